The van der Waals surface area contributed by atoms with Crippen LogP contribution in [0.2, 0.25) is 0 Å². The largest absolute Gasteiger partial charge is 0.495 e. The Bertz CT molecular complexity index is 408. The van der Waals surface area contributed by atoms with Crippen LogP contribution in [0.5, 0.6) is 5.75 Å². The summed E-state index contributed by atoms with van der Waals surface area (Å²) in [6, 6.07) is 8.17. The van der Waals surface area contributed by atoms with Crippen molar-refractivity contribution in [2.24, 2.45) is 0 Å². The van der Waals surface area contributed by atoms with Gasteiger partial charge < -0.3 is 14.8 Å². The fourth-order valence-electron chi connectivity index (χ4n) is 1.55. The predicted molar refractivity (Wildman–Crippen MR) is 59.2 cm³/mol. The Labute approximate surface area is 94.8 Å². The molecule has 0 aromatic heterocycles. The molecule has 2 rings (SSSR count). The number of methoxy groups -OCH3 is 1. The molecule has 1 aliphatic rings. The maximum Gasteiger partial charge on any atom is 0.136 e. The van der Waals surface area contributed by atoms with Gasteiger partial charge in [0.25, 0.3) is 0 Å². The second kappa shape index (κ2) is 4.97. The number of ether oxygens (including phenoxy) is 2. The van der Waals surface area contributed by atoms with Crippen molar-refractivity contribution < 1.29 is 9.47 Å². The first kappa shape index (κ1) is 10.9. The molecule has 1 aliphatic heterocycles. The summed E-state index contributed by atoms with van der Waals surface area (Å²) in [6.07, 6.45) is 0. The quantitative estimate of drug-likeness (QED) is 0.821. The summed E-state index contributed by atoms with van der Waals surface area (Å²) in [6.45, 7) is 2.34. The molecule has 1 saturated heterocycles. The Morgan fingerprint density at radius 2 is 2.38 bits per heavy atom. The van der Waals surface area contributed by atoms with E-state index in [1.165, 1.54) is 0 Å². The number of nitrogens with zero attached hydrogens (tertiary/aromatic N) is 1. The van der Waals surface area contributed by atoms with E-state index in [0.29, 0.717) is 17.4 Å². The number of nitriles is 1. The number of rotatable bonds is 4. The molecule has 1 heterocycles. The fourth-order valence-corrected chi connectivity index (χ4v) is 1.55. The summed E-state index contributed by atoms with van der Waals surface area (Å²) < 4.78 is 10.2. The second-order valence-electron chi connectivity index (χ2n) is 3.76. The molecule has 0 unspecified atom stereocenters. The van der Waals surface area contributed by atoms with Crippen LogP contribution >= 0.6 is 0 Å². The average Bonchev–Trinajstić information content (AvgIpc) is 2.26. The summed E-state index contributed by atoms with van der Waals surface area (Å²) in [5, 5.41) is 12.2. The number of nitrogens with one attached hydrogen (secondary N) is 1. The lowest BCUT2D eigenvalue weighted by Crippen LogP contribution is -2.45. The van der Waals surface area contributed by atoms with Crippen LogP contribution in [0, 0.1) is 11.3 Å². The van der Waals surface area contributed by atoms with Gasteiger partial charge in [0.15, 0.2) is 0 Å². The first-order valence-electron chi connectivity index (χ1n) is 5.21. The molecule has 1 aromatic carbocycles. The standard InChI is InChI=1S/C12H14N2O2/c1-15-12-4-9(2-3-10(12)5-13)6-14-11-7-16-8-11/h2-4,11,14H,6-8H2,1H3. The SMILES string of the molecule is COc1cc(CNC2COC2)ccc1C#N. The number of hydrogen-bond donors (Lipinski definition) is 1. The van der Waals surface area contributed by atoms with Crippen LogP contribution in [0.15, 0.2) is 18.2 Å². The van der Waals surface area contributed by atoms with Gasteiger partial charge in [0.05, 0.1) is 31.9 Å². The lowest BCUT2D eigenvalue weighted by atomic mass is 10.1. The normalized spacial score (nSPS) is 15.2. The molecule has 0 amide bonds. The van der Waals surface area contributed by atoms with Crippen LogP contribution < -0.4 is 10.1 Å². The van der Waals surface area contributed by atoms with E-state index < -0.39 is 0 Å². The minimum Gasteiger partial charge on any atom is -0.495 e. The van der Waals surface area contributed by atoms with Crippen molar-refractivity contribution in [3.05, 3.63) is 29.3 Å². The van der Waals surface area contributed by atoms with Crippen LogP contribution in [0.3, 0.4) is 0 Å². The second-order valence-corrected chi connectivity index (χ2v) is 3.76. The van der Waals surface area contributed by atoms with E-state index in [1.807, 2.05) is 12.1 Å². The third-order valence-corrected chi connectivity index (χ3v) is 2.62. The molecule has 1 aromatic rings. The molecule has 0 spiro atoms. The lowest BCUT2D eigenvalue weighted by molar-refractivity contribution is -0.00578. The molecule has 1 fully saturated rings. The van der Waals surface area contributed by atoms with Crippen molar-refractivity contribution in [3.63, 3.8) is 0 Å². The molecule has 1 N–H and O–H groups in total. The molecule has 0 bridgehead atoms. The number of hydrogen-bond acceptors (Lipinski definition) is 4. The number of benzene rings is 1. The predicted octanol–water partition coefficient (Wildman–Crippen LogP) is 1.06. The van der Waals surface area contributed by atoms with Crippen molar-refractivity contribution in [2.45, 2.75) is 12.6 Å². The van der Waals surface area contributed by atoms with Crippen molar-refractivity contribution in [1.29, 1.82) is 5.26 Å². The Balaban J connectivity index is 2.01. The van der Waals surface area contributed by atoms with Crippen molar-refractivity contribution in [1.82, 2.24) is 5.32 Å². The third-order valence-electron chi connectivity index (χ3n) is 2.62. The van der Waals surface area contributed by atoms with E-state index in [0.717, 1.165) is 25.3 Å². The molecule has 84 valence electrons. The minimum atomic E-state index is 0.460. The fraction of sp³-hybridized carbons (Fsp3) is 0.417. The summed E-state index contributed by atoms with van der Waals surface area (Å²) in [5.41, 5.74) is 1.68. The van der Waals surface area contributed by atoms with E-state index >= 15 is 0 Å². The zero-order valence-electron chi connectivity index (χ0n) is 9.19. The van der Waals surface area contributed by atoms with E-state index in [-0.39, 0.29) is 0 Å². The topological polar surface area (TPSA) is 54.3 Å². The summed E-state index contributed by atoms with van der Waals surface area (Å²) in [5.74, 6) is 0.631. The van der Waals surface area contributed by atoms with Crippen LogP contribution in [0.1, 0.15) is 11.1 Å². The summed E-state index contributed by atoms with van der Waals surface area (Å²) >= 11 is 0. The average molecular weight is 218 g/mol. The lowest BCUT2D eigenvalue weighted by Gasteiger charge is -2.27. The van der Waals surface area contributed by atoms with Crippen LogP contribution in [-0.4, -0.2) is 26.4 Å². The minimum absolute atomic E-state index is 0.460. The monoisotopic (exact) mass is 218 g/mol. The van der Waals surface area contributed by atoms with Gasteiger partial charge in [-0.25, -0.2) is 0 Å². The van der Waals surface area contributed by atoms with E-state index in [1.54, 1.807) is 13.2 Å². The molecule has 0 saturated carbocycles. The molecular formula is C12H14N2O2. The van der Waals surface area contributed by atoms with Crippen molar-refractivity contribution in [3.8, 4) is 11.8 Å². The van der Waals surface area contributed by atoms with Gasteiger partial charge >= 0.3 is 0 Å². The Hall–Kier alpha value is -1.57. The highest BCUT2D eigenvalue weighted by Gasteiger charge is 2.17. The molecule has 0 aliphatic carbocycles. The highest BCUT2D eigenvalue weighted by Crippen LogP contribution is 2.19. The van der Waals surface area contributed by atoms with Crippen LogP contribution in [0.25, 0.3) is 0 Å². The molecule has 16 heavy (non-hydrogen) atoms. The van der Waals surface area contributed by atoms with Crippen LogP contribution in [-0.2, 0) is 11.3 Å². The zero-order chi connectivity index (χ0) is 11.4. The van der Waals surface area contributed by atoms with Gasteiger partial charge in [0, 0.05) is 6.54 Å². The van der Waals surface area contributed by atoms with Crippen molar-refractivity contribution >= 4 is 0 Å². The highest BCUT2D eigenvalue weighted by atomic mass is 16.5. The summed E-state index contributed by atoms with van der Waals surface area (Å²) in [7, 11) is 1.58. The third kappa shape index (κ3) is 2.32. The van der Waals surface area contributed by atoms with Gasteiger partial charge in [-0.1, -0.05) is 6.07 Å². The van der Waals surface area contributed by atoms with E-state index in [4.69, 9.17) is 14.7 Å². The van der Waals surface area contributed by atoms with Gasteiger partial charge in [0.1, 0.15) is 11.8 Å². The Kier molecular flexibility index (Phi) is 3.40. The van der Waals surface area contributed by atoms with Crippen LogP contribution in [0.4, 0.5) is 0 Å². The van der Waals surface area contributed by atoms with Gasteiger partial charge in [-0.3, -0.25) is 0 Å². The zero-order valence-corrected chi connectivity index (χ0v) is 9.19. The molecule has 4 heteroatoms. The van der Waals surface area contributed by atoms with E-state index in [2.05, 4.69) is 11.4 Å². The first-order valence-corrected chi connectivity index (χ1v) is 5.21. The molecule has 0 atom stereocenters. The molecule has 4 nitrogen and oxygen atoms in total. The Morgan fingerprint density at radius 1 is 1.56 bits per heavy atom. The summed E-state index contributed by atoms with van der Waals surface area (Å²) in [4.78, 5) is 0. The smallest absolute Gasteiger partial charge is 0.136 e. The maximum absolute atomic E-state index is 8.84. The molecule has 0 radical (unpaired) electrons. The van der Waals surface area contributed by atoms with Gasteiger partial charge in [-0.2, -0.15) is 5.26 Å². The van der Waals surface area contributed by atoms with Gasteiger partial charge in [-0.05, 0) is 17.7 Å². The Morgan fingerprint density at radius 3 is 2.94 bits per heavy atom. The highest BCUT2D eigenvalue weighted by molar-refractivity contribution is 5.45. The van der Waals surface area contributed by atoms with Crippen molar-refractivity contribution in [2.75, 3.05) is 20.3 Å². The van der Waals surface area contributed by atoms with Gasteiger partial charge in [-0.15, -0.1) is 0 Å². The first-order chi connectivity index (χ1) is 7.83. The van der Waals surface area contributed by atoms with Gasteiger partial charge in [0.2, 0.25) is 0 Å². The maximum atomic E-state index is 8.84. The molecular weight excluding hydrogens is 204 g/mol. The van der Waals surface area contributed by atoms with E-state index in [9.17, 15) is 0 Å².